The Bertz CT molecular complexity index is 587. The van der Waals surface area contributed by atoms with Crippen molar-refractivity contribution in [3.05, 3.63) is 18.2 Å². The highest BCUT2D eigenvalue weighted by Crippen LogP contribution is 2.29. The summed E-state index contributed by atoms with van der Waals surface area (Å²) in [7, 11) is -2.17. The van der Waals surface area contributed by atoms with Crippen LogP contribution in [0.25, 0.3) is 0 Å². The van der Waals surface area contributed by atoms with Crippen molar-refractivity contribution >= 4 is 15.7 Å². The third kappa shape index (κ3) is 3.89. The Labute approximate surface area is 126 Å². The fourth-order valence-corrected chi connectivity index (χ4v) is 4.42. The van der Waals surface area contributed by atoms with Crippen molar-refractivity contribution in [1.82, 2.24) is 4.72 Å². The summed E-state index contributed by atoms with van der Waals surface area (Å²) >= 11 is 0. The Hall–Kier alpha value is -1.27. The summed E-state index contributed by atoms with van der Waals surface area (Å²) in [6, 6.07) is 4.64. The molecule has 0 saturated heterocycles. The monoisotopic (exact) mass is 312 g/mol. The summed E-state index contributed by atoms with van der Waals surface area (Å²) in [5, 5.41) is 0. The highest BCUT2D eigenvalue weighted by molar-refractivity contribution is 7.89. The number of sulfonamides is 1. The number of nitrogen functional groups attached to an aromatic ring is 1. The van der Waals surface area contributed by atoms with Gasteiger partial charge in [-0.05, 0) is 37.0 Å². The Morgan fingerprint density at radius 2 is 1.95 bits per heavy atom. The topological polar surface area (TPSA) is 81.4 Å². The average molecular weight is 312 g/mol. The smallest absolute Gasteiger partial charge is 0.244 e. The molecule has 0 aromatic heterocycles. The number of hydrogen-bond donors (Lipinski definition) is 2. The maximum atomic E-state index is 12.6. The first kappa shape index (κ1) is 16.1. The third-order valence-corrected chi connectivity index (χ3v) is 5.66. The molecule has 21 heavy (non-hydrogen) atoms. The molecule has 0 bridgehead atoms. The van der Waals surface area contributed by atoms with Crippen molar-refractivity contribution in [2.75, 3.05) is 12.8 Å². The molecule has 5 nitrogen and oxygen atoms in total. The van der Waals surface area contributed by atoms with Crippen LogP contribution in [0.3, 0.4) is 0 Å². The van der Waals surface area contributed by atoms with E-state index in [1.807, 2.05) is 0 Å². The molecule has 1 fully saturated rings. The lowest BCUT2D eigenvalue weighted by Crippen LogP contribution is -2.38. The van der Waals surface area contributed by atoms with Gasteiger partial charge in [0.25, 0.3) is 0 Å². The molecular formula is C15H24N2O3S. The van der Waals surface area contributed by atoms with Gasteiger partial charge < -0.3 is 10.5 Å². The second kappa shape index (κ2) is 6.66. The van der Waals surface area contributed by atoms with E-state index in [2.05, 4.69) is 11.6 Å². The Kier molecular flexibility index (Phi) is 5.11. The van der Waals surface area contributed by atoms with Crippen molar-refractivity contribution in [1.29, 1.82) is 0 Å². The third-order valence-electron chi connectivity index (χ3n) is 4.15. The normalized spacial score (nSPS) is 23.5. The van der Waals surface area contributed by atoms with Gasteiger partial charge in [-0.1, -0.05) is 26.2 Å². The van der Waals surface area contributed by atoms with E-state index < -0.39 is 10.0 Å². The first-order valence-corrected chi connectivity index (χ1v) is 8.88. The van der Waals surface area contributed by atoms with Gasteiger partial charge in [0.05, 0.1) is 7.11 Å². The van der Waals surface area contributed by atoms with Gasteiger partial charge in [0.15, 0.2) is 0 Å². The number of ether oxygens (including phenoxy) is 1. The van der Waals surface area contributed by atoms with E-state index in [1.54, 1.807) is 12.1 Å². The minimum absolute atomic E-state index is 0.0244. The highest BCUT2D eigenvalue weighted by atomic mass is 32.2. The molecule has 2 atom stereocenters. The second-order valence-electron chi connectivity index (χ2n) is 5.75. The van der Waals surface area contributed by atoms with Crippen LogP contribution < -0.4 is 15.2 Å². The lowest BCUT2D eigenvalue weighted by atomic mass is 9.98. The van der Waals surface area contributed by atoms with Crippen LogP contribution in [0.4, 0.5) is 5.69 Å². The Morgan fingerprint density at radius 3 is 2.67 bits per heavy atom. The van der Waals surface area contributed by atoms with Crippen LogP contribution in [0.2, 0.25) is 0 Å². The van der Waals surface area contributed by atoms with Crippen LogP contribution in [-0.4, -0.2) is 21.6 Å². The van der Waals surface area contributed by atoms with Crippen molar-refractivity contribution in [2.45, 2.75) is 50.0 Å². The summed E-state index contributed by atoms with van der Waals surface area (Å²) in [5.41, 5.74) is 6.12. The van der Waals surface area contributed by atoms with Gasteiger partial charge in [-0.25, -0.2) is 13.1 Å². The SMILES string of the molecule is COc1ccc(N)cc1S(=O)(=O)NC1CCCCCC1C. The van der Waals surface area contributed by atoms with Gasteiger partial charge in [0.1, 0.15) is 10.6 Å². The fraction of sp³-hybridized carbons (Fsp3) is 0.600. The summed E-state index contributed by atoms with van der Waals surface area (Å²) < 4.78 is 33.3. The quantitative estimate of drug-likeness (QED) is 0.661. The van der Waals surface area contributed by atoms with Crippen LogP contribution in [0, 0.1) is 5.92 Å². The van der Waals surface area contributed by atoms with Crippen LogP contribution in [0.5, 0.6) is 5.75 Å². The lowest BCUT2D eigenvalue weighted by molar-refractivity contribution is 0.391. The van der Waals surface area contributed by atoms with E-state index in [-0.39, 0.29) is 10.9 Å². The van der Waals surface area contributed by atoms with Crippen LogP contribution in [0.15, 0.2) is 23.1 Å². The zero-order valence-corrected chi connectivity index (χ0v) is 13.4. The van der Waals surface area contributed by atoms with Crippen molar-refractivity contribution in [3.63, 3.8) is 0 Å². The molecule has 6 heteroatoms. The molecule has 0 radical (unpaired) electrons. The Morgan fingerprint density at radius 1 is 1.24 bits per heavy atom. The lowest BCUT2D eigenvalue weighted by Gasteiger charge is -2.23. The molecule has 1 aliphatic carbocycles. The summed E-state index contributed by atoms with van der Waals surface area (Å²) in [5.74, 6) is 0.660. The molecular weight excluding hydrogens is 288 g/mol. The zero-order chi connectivity index (χ0) is 15.5. The van der Waals surface area contributed by atoms with Crippen LogP contribution in [-0.2, 0) is 10.0 Å². The molecule has 118 valence electrons. The maximum absolute atomic E-state index is 12.6. The second-order valence-corrected chi connectivity index (χ2v) is 7.44. The molecule has 2 rings (SSSR count). The molecule has 1 aromatic carbocycles. The summed E-state index contributed by atoms with van der Waals surface area (Å²) in [6.07, 6.45) is 5.34. The number of hydrogen-bond acceptors (Lipinski definition) is 4. The molecule has 2 unspecified atom stereocenters. The van der Waals surface area contributed by atoms with Gasteiger partial charge in [-0.2, -0.15) is 0 Å². The molecule has 0 aliphatic heterocycles. The molecule has 1 aliphatic rings. The van der Waals surface area contributed by atoms with E-state index in [0.717, 1.165) is 19.3 Å². The van der Waals surface area contributed by atoms with E-state index in [4.69, 9.17) is 10.5 Å². The molecule has 1 saturated carbocycles. The number of anilines is 1. The van der Waals surface area contributed by atoms with Crippen LogP contribution in [0.1, 0.15) is 39.0 Å². The largest absolute Gasteiger partial charge is 0.495 e. The summed E-state index contributed by atoms with van der Waals surface area (Å²) in [6.45, 7) is 2.11. The minimum Gasteiger partial charge on any atom is -0.495 e. The van der Waals surface area contributed by atoms with Gasteiger partial charge >= 0.3 is 0 Å². The predicted molar refractivity (Wildman–Crippen MR) is 83.8 cm³/mol. The average Bonchev–Trinajstić information content (AvgIpc) is 2.64. The Balaban J connectivity index is 2.27. The maximum Gasteiger partial charge on any atom is 0.244 e. The first-order chi connectivity index (χ1) is 9.94. The number of rotatable bonds is 4. The van der Waals surface area contributed by atoms with Crippen molar-refractivity contribution in [3.8, 4) is 5.75 Å². The van der Waals surface area contributed by atoms with Gasteiger partial charge in [-0.15, -0.1) is 0 Å². The van der Waals surface area contributed by atoms with Gasteiger partial charge in [0.2, 0.25) is 10.0 Å². The summed E-state index contributed by atoms with van der Waals surface area (Å²) in [4.78, 5) is 0.112. The fourth-order valence-electron chi connectivity index (χ4n) is 2.83. The van der Waals surface area contributed by atoms with E-state index in [0.29, 0.717) is 17.4 Å². The zero-order valence-electron chi connectivity index (χ0n) is 12.6. The minimum atomic E-state index is -3.63. The van der Waals surface area contributed by atoms with E-state index >= 15 is 0 Å². The van der Waals surface area contributed by atoms with Crippen molar-refractivity contribution < 1.29 is 13.2 Å². The molecule has 0 amide bonds. The number of nitrogens with two attached hydrogens (primary N) is 1. The molecule has 0 heterocycles. The van der Waals surface area contributed by atoms with Gasteiger partial charge in [0, 0.05) is 11.7 Å². The number of nitrogens with one attached hydrogen (secondary N) is 1. The molecule has 3 N–H and O–H groups in total. The van der Waals surface area contributed by atoms with Gasteiger partial charge in [-0.3, -0.25) is 0 Å². The van der Waals surface area contributed by atoms with E-state index in [9.17, 15) is 8.42 Å². The number of benzene rings is 1. The van der Waals surface area contributed by atoms with Crippen LogP contribution >= 0.6 is 0 Å². The first-order valence-electron chi connectivity index (χ1n) is 7.40. The number of methoxy groups -OCH3 is 1. The highest BCUT2D eigenvalue weighted by Gasteiger charge is 2.27. The van der Waals surface area contributed by atoms with E-state index in [1.165, 1.54) is 26.0 Å². The predicted octanol–water partition coefficient (Wildman–Crippen LogP) is 2.52. The molecule has 1 aromatic rings. The van der Waals surface area contributed by atoms with Crippen molar-refractivity contribution in [2.24, 2.45) is 5.92 Å². The molecule has 0 spiro atoms. The standard InChI is InChI=1S/C15H24N2O3S/c1-11-6-4-3-5-7-13(11)17-21(18,19)15-10-12(16)8-9-14(15)20-2/h8-11,13,17H,3-7,16H2,1-2H3.